The van der Waals surface area contributed by atoms with Gasteiger partial charge in [-0.05, 0) is 38.1 Å². The molecule has 1 heterocycles. The normalized spacial score (nSPS) is 19.1. The largest absolute Gasteiger partial charge is 0.312 e. The quantitative estimate of drug-likeness (QED) is 0.859. The molecular weight excluding hydrogens is 246 g/mol. The van der Waals surface area contributed by atoms with Crippen LogP contribution in [0.2, 0.25) is 0 Å². The molecule has 0 saturated carbocycles. The number of nitrogens with zero attached hydrogens (tertiary/aromatic N) is 2. The van der Waals surface area contributed by atoms with Crippen LogP contribution in [0.3, 0.4) is 0 Å². The fraction of sp³-hybridized carbons (Fsp3) is 0.647. The Hall–Kier alpha value is -0.900. The van der Waals surface area contributed by atoms with Crippen LogP contribution in [0.25, 0.3) is 0 Å². The van der Waals surface area contributed by atoms with Crippen LogP contribution < -0.4 is 5.32 Å². The Morgan fingerprint density at radius 3 is 2.35 bits per heavy atom. The highest BCUT2D eigenvalue weighted by atomic mass is 15.3. The molecule has 1 aliphatic heterocycles. The summed E-state index contributed by atoms with van der Waals surface area (Å²) in [6.45, 7) is 11.7. The molecule has 20 heavy (non-hydrogen) atoms. The monoisotopic (exact) mass is 275 g/mol. The minimum Gasteiger partial charge on any atom is -0.312 e. The maximum absolute atomic E-state index is 3.49. The molecule has 1 atom stereocenters. The number of rotatable bonds is 6. The zero-order valence-electron chi connectivity index (χ0n) is 13.2. The van der Waals surface area contributed by atoms with Gasteiger partial charge in [0.15, 0.2) is 0 Å². The van der Waals surface area contributed by atoms with Gasteiger partial charge in [0.05, 0.1) is 0 Å². The van der Waals surface area contributed by atoms with E-state index in [1.807, 2.05) is 0 Å². The van der Waals surface area contributed by atoms with Gasteiger partial charge < -0.3 is 10.2 Å². The second kappa shape index (κ2) is 7.77. The zero-order chi connectivity index (χ0) is 14.4. The SMILES string of the molecule is CCCN1CCN(CC(NC)c2ccccc2C)CC1. The highest BCUT2D eigenvalue weighted by Gasteiger charge is 2.20. The van der Waals surface area contributed by atoms with Gasteiger partial charge in [0, 0.05) is 38.8 Å². The molecule has 1 aliphatic rings. The molecule has 0 radical (unpaired) electrons. The third-order valence-corrected chi connectivity index (χ3v) is 4.36. The second-order valence-corrected chi connectivity index (χ2v) is 5.84. The van der Waals surface area contributed by atoms with E-state index in [0.29, 0.717) is 6.04 Å². The van der Waals surface area contributed by atoms with E-state index >= 15 is 0 Å². The molecule has 1 fully saturated rings. The second-order valence-electron chi connectivity index (χ2n) is 5.84. The average molecular weight is 275 g/mol. The first-order valence-electron chi connectivity index (χ1n) is 7.92. The minimum atomic E-state index is 0.439. The van der Waals surface area contributed by atoms with Gasteiger partial charge in [-0.15, -0.1) is 0 Å². The van der Waals surface area contributed by atoms with Crippen molar-refractivity contribution < 1.29 is 0 Å². The summed E-state index contributed by atoms with van der Waals surface area (Å²) < 4.78 is 0. The maximum atomic E-state index is 3.49. The van der Waals surface area contributed by atoms with E-state index in [2.05, 4.69) is 60.3 Å². The molecule has 112 valence electrons. The number of likely N-dealkylation sites (N-methyl/N-ethyl adjacent to an activating group) is 1. The van der Waals surface area contributed by atoms with Crippen LogP contribution in [0.15, 0.2) is 24.3 Å². The van der Waals surface area contributed by atoms with Gasteiger partial charge in [-0.2, -0.15) is 0 Å². The van der Waals surface area contributed by atoms with E-state index < -0.39 is 0 Å². The van der Waals surface area contributed by atoms with Gasteiger partial charge in [-0.1, -0.05) is 31.2 Å². The van der Waals surface area contributed by atoms with Crippen molar-refractivity contribution in [3.8, 4) is 0 Å². The summed E-state index contributed by atoms with van der Waals surface area (Å²) in [4.78, 5) is 5.18. The number of hydrogen-bond donors (Lipinski definition) is 1. The summed E-state index contributed by atoms with van der Waals surface area (Å²) in [5.41, 5.74) is 2.82. The van der Waals surface area contributed by atoms with Crippen LogP contribution in [0.1, 0.15) is 30.5 Å². The summed E-state index contributed by atoms with van der Waals surface area (Å²) in [6, 6.07) is 9.16. The summed E-state index contributed by atoms with van der Waals surface area (Å²) in [6.07, 6.45) is 1.27. The Morgan fingerprint density at radius 2 is 1.75 bits per heavy atom. The summed E-state index contributed by atoms with van der Waals surface area (Å²) in [7, 11) is 2.07. The lowest BCUT2D eigenvalue weighted by atomic mass is 10.0. The molecule has 1 aromatic rings. The number of hydrogen-bond acceptors (Lipinski definition) is 3. The smallest absolute Gasteiger partial charge is 0.0449 e. The third kappa shape index (κ3) is 4.05. The Bertz CT molecular complexity index is 397. The fourth-order valence-corrected chi connectivity index (χ4v) is 3.09. The number of benzene rings is 1. The van der Waals surface area contributed by atoms with Crippen LogP contribution in [0.4, 0.5) is 0 Å². The van der Waals surface area contributed by atoms with E-state index in [1.54, 1.807) is 0 Å². The van der Waals surface area contributed by atoms with Gasteiger partial charge in [-0.25, -0.2) is 0 Å². The number of aryl methyl sites for hydroxylation is 1. The van der Waals surface area contributed by atoms with E-state index in [1.165, 1.54) is 50.3 Å². The first-order chi connectivity index (χ1) is 9.74. The molecule has 0 spiro atoms. The fourth-order valence-electron chi connectivity index (χ4n) is 3.09. The Labute approximate surface area is 124 Å². The molecule has 0 amide bonds. The van der Waals surface area contributed by atoms with E-state index in [0.717, 1.165) is 6.54 Å². The highest BCUT2D eigenvalue weighted by molar-refractivity contribution is 5.29. The third-order valence-electron chi connectivity index (χ3n) is 4.36. The van der Waals surface area contributed by atoms with Gasteiger partial charge in [0.25, 0.3) is 0 Å². The molecule has 1 N–H and O–H groups in total. The van der Waals surface area contributed by atoms with Crippen LogP contribution in [-0.2, 0) is 0 Å². The van der Waals surface area contributed by atoms with Crippen molar-refractivity contribution in [3.63, 3.8) is 0 Å². The van der Waals surface area contributed by atoms with Crippen LogP contribution in [0, 0.1) is 6.92 Å². The van der Waals surface area contributed by atoms with Crippen LogP contribution >= 0.6 is 0 Å². The van der Waals surface area contributed by atoms with Crippen molar-refractivity contribution in [1.29, 1.82) is 0 Å². The van der Waals surface area contributed by atoms with Gasteiger partial charge in [-0.3, -0.25) is 4.90 Å². The topological polar surface area (TPSA) is 18.5 Å². The van der Waals surface area contributed by atoms with Gasteiger partial charge in [0.2, 0.25) is 0 Å². The molecule has 1 unspecified atom stereocenters. The predicted octanol–water partition coefficient (Wildman–Crippen LogP) is 2.28. The summed E-state index contributed by atoms with van der Waals surface area (Å²) in [5, 5.41) is 3.49. The zero-order valence-corrected chi connectivity index (χ0v) is 13.2. The van der Waals surface area contributed by atoms with Crippen molar-refractivity contribution >= 4 is 0 Å². The molecule has 0 aliphatic carbocycles. The Morgan fingerprint density at radius 1 is 1.10 bits per heavy atom. The van der Waals surface area contributed by atoms with E-state index in [4.69, 9.17) is 0 Å². The first-order valence-corrected chi connectivity index (χ1v) is 7.92. The van der Waals surface area contributed by atoms with Crippen LogP contribution in [0.5, 0.6) is 0 Å². The lowest BCUT2D eigenvalue weighted by Gasteiger charge is -2.36. The molecule has 3 heteroatoms. The molecule has 3 nitrogen and oxygen atoms in total. The Kier molecular flexibility index (Phi) is 6.02. The van der Waals surface area contributed by atoms with Crippen molar-refractivity contribution in [2.24, 2.45) is 0 Å². The molecular formula is C17H29N3. The van der Waals surface area contributed by atoms with E-state index in [-0.39, 0.29) is 0 Å². The highest BCUT2D eigenvalue weighted by Crippen LogP contribution is 2.19. The summed E-state index contributed by atoms with van der Waals surface area (Å²) >= 11 is 0. The number of nitrogens with one attached hydrogen (secondary N) is 1. The van der Waals surface area contributed by atoms with Gasteiger partial charge in [0.1, 0.15) is 0 Å². The molecule has 1 saturated heterocycles. The molecule has 2 rings (SSSR count). The first kappa shape index (κ1) is 15.5. The van der Waals surface area contributed by atoms with E-state index in [9.17, 15) is 0 Å². The van der Waals surface area contributed by atoms with Crippen molar-refractivity contribution in [2.75, 3.05) is 46.3 Å². The maximum Gasteiger partial charge on any atom is 0.0449 e. The van der Waals surface area contributed by atoms with Gasteiger partial charge >= 0.3 is 0 Å². The molecule has 0 bridgehead atoms. The molecule has 0 aromatic heterocycles. The van der Waals surface area contributed by atoms with Crippen molar-refractivity contribution in [1.82, 2.24) is 15.1 Å². The standard InChI is InChI=1S/C17H29N3/c1-4-9-19-10-12-20(13-11-19)14-17(18-3)16-8-6-5-7-15(16)2/h5-8,17-18H,4,9-14H2,1-3H3. The van der Waals surface area contributed by atoms with Crippen molar-refractivity contribution in [2.45, 2.75) is 26.3 Å². The summed E-state index contributed by atoms with van der Waals surface area (Å²) in [5.74, 6) is 0. The lowest BCUT2D eigenvalue weighted by molar-refractivity contribution is 0.124. The Balaban J connectivity index is 1.90. The predicted molar refractivity (Wildman–Crippen MR) is 86.2 cm³/mol. The van der Waals surface area contributed by atoms with Crippen molar-refractivity contribution in [3.05, 3.63) is 35.4 Å². The number of piperazine rings is 1. The minimum absolute atomic E-state index is 0.439. The molecule has 1 aromatic carbocycles. The lowest BCUT2D eigenvalue weighted by Crippen LogP contribution is -2.48. The average Bonchev–Trinajstić information content (AvgIpc) is 2.48. The van der Waals surface area contributed by atoms with Crippen LogP contribution in [-0.4, -0.2) is 56.1 Å².